The van der Waals surface area contributed by atoms with E-state index in [0.717, 1.165) is 10.9 Å². The highest BCUT2D eigenvalue weighted by Crippen LogP contribution is 2.17. The number of aromatic carboxylic acids is 1. The highest BCUT2D eigenvalue weighted by atomic mass is 16.5. The van der Waals surface area contributed by atoms with Crippen LogP contribution in [0.4, 0.5) is 0 Å². The van der Waals surface area contributed by atoms with Crippen molar-refractivity contribution < 1.29 is 19.4 Å². The number of aromatic nitrogens is 1. The highest BCUT2D eigenvalue weighted by Gasteiger charge is 2.08. The summed E-state index contributed by atoms with van der Waals surface area (Å²) in [5, 5.41) is 12.5. The molecule has 1 heterocycles. The first-order valence-corrected chi connectivity index (χ1v) is 6.19. The van der Waals surface area contributed by atoms with Gasteiger partial charge < -0.3 is 19.7 Å². The van der Waals surface area contributed by atoms with Crippen LogP contribution in [0.3, 0.4) is 0 Å². The van der Waals surface area contributed by atoms with Crippen LogP contribution in [0.2, 0.25) is 0 Å². The number of carbonyl (C=O) groups excluding carboxylic acids is 1. The Labute approximate surface area is 116 Å². The van der Waals surface area contributed by atoms with Crippen LogP contribution < -0.4 is 5.32 Å². The molecule has 0 unspecified atom stereocenters. The molecule has 0 spiro atoms. The number of nitrogens with one attached hydrogen (secondary N) is 1. The van der Waals surface area contributed by atoms with Crippen molar-refractivity contribution in [2.24, 2.45) is 0 Å². The number of fused-ring (bicyclic) bond motifs is 1. The molecule has 1 aromatic carbocycles. The predicted octanol–water partition coefficient (Wildman–Crippen LogP) is 1.10. The zero-order valence-corrected chi connectivity index (χ0v) is 11.1. The molecule has 0 aliphatic heterocycles. The largest absolute Gasteiger partial charge is 0.478 e. The molecule has 2 rings (SSSR count). The van der Waals surface area contributed by atoms with Crippen molar-refractivity contribution in [1.82, 2.24) is 9.88 Å². The van der Waals surface area contributed by atoms with Crippen LogP contribution in [0.25, 0.3) is 10.9 Å². The third-order valence-corrected chi connectivity index (χ3v) is 2.96. The van der Waals surface area contributed by atoms with Crippen molar-refractivity contribution in [3.05, 3.63) is 36.0 Å². The molecule has 0 saturated carbocycles. The van der Waals surface area contributed by atoms with E-state index in [1.165, 1.54) is 6.07 Å². The number of nitrogens with zero attached hydrogens (tertiary/aromatic N) is 1. The molecule has 0 aliphatic carbocycles. The third kappa shape index (κ3) is 3.16. The Morgan fingerprint density at radius 3 is 2.85 bits per heavy atom. The van der Waals surface area contributed by atoms with Gasteiger partial charge in [-0.1, -0.05) is 0 Å². The fraction of sp³-hybridized carbons (Fsp3) is 0.286. The van der Waals surface area contributed by atoms with E-state index in [9.17, 15) is 9.59 Å². The first-order valence-electron chi connectivity index (χ1n) is 6.19. The normalized spacial score (nSPS) is 10.7. The molecule has 6 nitrogen and oxygen atoms in total. The van der Waals surface area contributed by atoms with Gasteiger partial charge in [0.15, 0.2) is 0 Å². The maximum atomic E-state index is 11.7. The monoisotopic (exact) mass is 276 g/mol. The van der Waals surface area contributed by atoms with Crippen molar-refractivity contribution in [2.75, 3.05) is 20.3 Å². The van der Waals surface area contributed by atoms with Crippen LogP contribution in [0.15, 0.2) is 30.5 Å². The van der Waals surface area contributed by atoms with E-state index in [1.807, 2.05) is 0 Å². The predicted molar refractivity (Wildman–Crippen MR) is 73.8 cm³/mol. The highest BCUT2D eigenvalue weighted by molar-refractivity contribution is 5.94. The van der Waals surface area contributed by atoms with Crippen molar-refractivity contribution in [1.29, 1.82) is 0 Å². The van der Waals surface area contributed by atoms with Crippen LogP contribution in [-0.4, -0.2) is 41.8 Å². The summed E-state index contributed by atoms with van der Waals surface area (Å²) in [6.07, 6.45) is 1.77. The lowest BCUT2D eigenvalue weighted by Crippen LogP contribution is -2.30. The molecule has 0 atom stereocenters. The Balaban J connectivity index is 2.11. The fourth-order valence-electron chi connectivity index (χ4n) is 1.97. The van der Waals surface area contributed by atoms with Gasteiger partial charge >= 0.3 is 5.97 Å². The molecule has 0 aliphatic rings. The molecule has 0 bridgehead atoms. The number of methoxy groups -OCH3 is 1. The second kappa shape index (κ2) is 6.21. The molecular weight excluding hydrogens is 260 g/mol. The van der Waals surface area contributed by atoms with Gasteiger partial charge in [-0.15, -0.1) is 0 Å². The van der Waals surface area contributed by atoms with Gasteiger partial charge in [0.05, 0.1) is 12.2 Å². The SMILES string of the molecule is COCCNC(=O)Cn1ccc2cc(C(=O)O)ccc21. The quantitative estimate of drug-likeness (QED) is 0.774. The molecule has 0 radical (unpaired) electrons. The van der Waals surface area contributed by atoms with Gasteiger partial charge in [-0.25, -0.2) is 4.79 Å². The molecule has 1 amide bonds. The van der Waals surface area contributed by atoms with E-state index < -0.39 is 5.97 Å². The number of rotatable bonds is 6. The van der Waals surface area contributed by atoms with Crippen molar-refractivity contribution in [2.45, 2.75) is 6.54 Å². The van der Waals surface area contributed by atoms with Crippen LogP contribution in [0.5, 0.6) is 0 Å². The Bertz CT molecular complexity index is 633. The molecule has 0 saturated heterocycles. The number of carbonyl (C=O) groups is 2. The van der Waals surface area contributed by atoms with Crippen LogP contribution in [0, 0.1) is 0 Å². The maximum absolute atomic E-state index is 11.7. The Kier molecular flexibility index (Phi) is 4.37. The summed E-state index contributed by atoms with van der Waals surface area (Å²) >= 11 is 0. The standard InChI is InChI=1S/C14H16N2O4/c1-20-7-5-15-13(17)9-16-6-4-10-8-11(14(18)19)2-3-12(10)16/h2-4,6,8H,5,7,9H2,1H3,(H,15,17)(H,18,19). The molecular formula is C14H16N2O4. The average molecular weight is 276 g/mol. The lowest BCUT2D eigenvalue weighted by atomic mass is 10.1. The second-order valence-electron chi connectivity index (χ2n) is 4.37. The molecule has 106 valence electrons. The Morgan fingerprint density at radius 1 is 1.35 bits per heavy atom. The van der Waals surface area contributed by atoms with E-state index in [-0.39, 0.29) is 18.0 Å². The summed E-state index contributed by atoms with van der Waals surface area (Å²) < 4.78 is 6.64. The Morgan fingerprint density at radius 2 is 2.15 bits per heavy atom. The van der Waals surface area contributed by atoms with Crippen LogP contribution >= 0.6 is 0 Å². The number of carboxylic acids is 1. The van der Waals surface area contributed by atoms with Gasteiger partial charge in [0.1, 0.15) is 6.54 Å². The molecule has 1 aromatic heterocycles. The zero-order valence-electron chi connectivity index (χ0n) is 11.1. The fourth-order valence-corrected chi connectivity index (χ4v) is 1.97. The van der Waals surface area contributed by atoms with Crippen molar-refractivity contribution >= 4 is 22.8 Å². The molecule has 2 aromatic rings. The maximum Gasteiger partial charge on any atom is 0.335 e. The van der Waals surface area contributed by atoms with E-state index >= 15 is 0 Å². The lowest BCUT2D eigenvalue weighted by molar-refractivity contribution is -0.121. The van der Waals surface area contributed by atoms with E-state index in [4.69, 9.17) is 9.84 Å². The number of hydrogen-bond acceptors (Lipinski definition) is 3. The number of amides is 1. The summed E-state index contributed by atoms with van der Waals surface area (Å²) in [4.78, 5) is 22.6. The third-order valence-electron chi connectivity index (χ3n) is 2.96. The zero-order chi connectivity index (χ0) is 14.5. The van der Waals surface area contributed by atoms with E-state index in [1.54, 1.807) is 36.1 Å². The second-order valence-corrected chi connectivity index (χ2v) is 4.37. The molecule has 6 heteroatoms. The van der Waals surface area contributed by atoms with Gasteiger partial charge in [-0.2, -0.15) is 0 Å². The average Bonchev–Trinajstić information content (AvgIpc) is 2.81. The van der Waals surface area contributed by atoms with Crippen molar-refractivity contribution in [3.63, 3.8) is 0 Å². The van der Waals surface area contributed by atoms with Gasteiger partial charge in [0.25, 0.3) is 0 Å². The number of ether oxygens (including phenoxy) is 1. The summed E-state index contributed by atoms with van der Waals surface area (Å²) in [5.74, 6) is -1.07. The van der Waals surface area contributed by atoms with Crippen LogP contribution in [-0.2, 0) is 16.1 Å². The van der Waals surface area contributed by atoms with Gasteiger partial charge in [0.2, 0.25) is 5.91 Å². The van der Waals surface area contributed by atoms with E-state index in [2.05, 4.69) is 5.32 Å². The lowest BCUT2D eigenvalue weighted by Gasteiger charge is -2.07. The molecule has 20 heavy (non-hydrogen) atoms. The van der Waals surface area contributed by atoms with Gasteiger partial charge in [-0.05, 0) is 24.3 Å². The smallest absolute Gasteiger partial charge is 0.335 e. The van der Waals surface area contributed by atoms with E-state index in [0.29, 0.717) is 13.2 Å². The number of hydrogen-bond donors (Lipinski definition) is 2. The minimum absolute atomic E-state index is 0.109. The minimum Gasteiger partial charge on any atom is -0.478 e. The molecule has 0 fully saturated rings. The summed E-state index contributed by atoms with van der Waals surface area (Å²) in [6.45, 7) is 1.14. The van der Waals surface area contributed by atoms with Crippen LogP contribution in [0.1, 0.15) is 10.4 Å². The summed E-state index contributed by atoms with van der Waals surface area (Å²) in [5.41, 5.74) is 1.07. The Hall–Kier alpha value is -2.34. The summed E-state index contributed by atoms with van der Waals surface area (Å²) in [7, 11) is 1.58. The minimum atomic E-state index is -0.961. The van der Waals surface area contributed by atoms with Gasteiger partial charge in [-0.3, -0.25) is 4.79 Å². The summed E-state index contributed by atoms with van der Waals surface area (Å²) in [6, 6.07) is 6.63. The van der Waals surface area contributed by atoms with Gasteiger partial charge in [0, 0.05) is 30.8 Å². The molecule has 2 N–H and O–H groups in total. The topological polar surface area (TPSA) is 80.6 Å². The number of carboxylic acid groups (broad SMARTS) is 1. The number of benzene rings is 1. The first kappa shape index (κ1) is 14.1. The van der Waals surface area contributed by atoms with Crippen molar-refractivity contribution in [3.8, 4) is 0 Å². The first-order chi connectivity index (χ1) is 9.61.